The van der Waals surface area contributed by atoms with Crippen LogP contribution in [0.4, 0.5) is 0 Å². The molecule has 5 aromatic heterocycles. The summed E-state index contributed by atoms with van der Waals surface area (Å²) in [6.45, 7) is 0. The average molecular weight is 931 g/mol. The highest BCUT2D eigenvalue weighted by Crippen LogP contribution is 2.62. The molecular weight excluding hydrogens is 893 g/mol. The molecule has 0 fully saturated rings. The highest BCUT2D eigenvalue weighted by molar-refractivity contribution is 6.12. The molecule has 0 bridgehead atoms. The molecule has 1 aliphatic heterocycles. The van der Waals surface area contributed by atoms with Crippen LogP contribution in [0.1, 0.15) is 27.8 Å². The maximum Gasteiger partial charge on any atom is 0.132 e. The van der Waals surface area contributed by atoms with E-state index >= 15 is 0 Å². The summed E-state index contributed by atoms with van der Waals surface area (Å²) in [7, 11) is 0. The molecule has 2 aliphatic rings. The van der Waals surface area contributed by atoms with Gasteiger partial charge in [-0.2, -0.15) is 5.26 Å². The first-order valence-corrected chi connectivity index (χ1v) is 24.6. The van der Waals surface area contributed by atoms with E-state index < -0.39 is 5.41 Å². The van der Waals surface area contributed by atoms with E-state index in [-0.39, 0.29) is 0 Å². The van der Waals surface area contributed by atoms with Crippen molar-refractivity contribution >= 4 is 65.4 Å². The summed E-state index contributed by atoms with van der Waals surface area (Å²) in [5.74, 6) is 1.58. The van der Waals surface area contributed by atoms with E-state index in [2.05, 4.69) is 214 Å². The number of pyridine rings is 2. The molecule has 0 radical (unpaired) electrons. The van der Waals surface area contributed by atoms with Gasteiger partial charge >= 0.3 is 0 Å². The van der Waals surface area contributed by atoms with Gasteiger partial charge in [0.15, 0.2) is 0 Å². The van der Waals surface area contributed by atoms with Crippen molar-refractivity contribution in [1.29, 1.82) is 5.26 Å². The van der Waals surface area contributed by atoms with Crippen LogP contribution in [0, 0.1) is 11.3 Å². The minimum atomic E-state index is -0.819. The summed E-state index contributed by atoms with van der Waals surface area (Å²) in [6.07, 6.45) is 3.88. The van der Waals surface area contributed by atoms with Crippen LogP contribution in [0.25, 0.3) is 105 Å². The number of benzene rings is 9. The van der Waals surface area contributed by atoms with Gasteiger partial charge in [0.25, 0.3) is 0 Å². The van der Waals surface area contributed by atoms with Crippen LogP contribution in [0.5, 0.6) is 11.5 Å². The minimum absolute atomic E-state index is 0.631. The molecule has 1 unspecified atom stereocenters. The predicted octanol–water partition coefficient (Wildman–Crippen LogP) is 15.8. The Morgan fingerprint density at radius 1 is 0.370 bits per heavy atom. The zero-order chi connectivity index (χ0) is 47.9. The normalized spacial score (nSPS) is 14.5. The Balaban J connectivity index is 0.872. The van der Waals surface area contributed by atoms with Gasteiger partial charge in [-0.3, -0.25) is 9.97 Å². The molecule has 0 amide bonds. The Kier molecular flexibility index (Phi) is 8.04. The maximum atomic E-state index is 9.91. The maximum absolute atomic E-state index is 9.91. The average Bonchev–Trinajstić information content (AvgIpc) is 4.19. The standard InChI is InChI=1S/C66H38N6O/c67-38-40-23-30-60-50(34-40)48-14-3-9-21-59(48)72(60)45-29-32-63-54(37-45)66(52-16-5-10-22-62(52)73-63)53-17-11-33-68-64(53)65-55(66)36-42(39-69-65)41-24-31-61-51(35-41)49-15-4-8-20-58(49)71(61)44-27-25-43(26-28-44)70-56-18-6-1-12-46(56)47-13-2-7-19-57(47)70/h1-37,39H. The van der Waals surface area contributed by atoms with Gasteiger partial charge in [-0.25, -0.2) is 0 Å². The van der Waals surface area contributed by atoms with Crippen LogP contribution in [-0.2, 0) is 5.41 Å². The number of fused-ring (bicyclic) bond motifs is 18. The lowest BCUT2D eigenvalue weighted by atomic mass is 9.66. The molecule has 1 spiro atoms. The molecule has 7 heteroatoms. The van der Waals surface area contributed by atoms with Crippen LogP contribution in [-0.4, -0.2) is 23.7 Å². The number of aromatic nitrogens is 5. The number of rotatable bonds is 4. The quantitative estimate of drug-likeness (QED) is 0.176. The second-order valence-electron chi connectivity index (χ2n) is 19.2. The second-order valence-corrected chi connectivity index (χ2v) is 19.2. The highest BCUT2D eigenvalue weighted by Gasteiger charge is 2.52. The molecule has 0 N–H and O–H groups in total. The SMILES string of the molecule is N#Cc1ccc2c(c1)c1ccccc1n2-c1ccc2c(c1)C1(c3ccccc3O2)c2cccnc2-c2ncc(-c3ccc4c(c3)c3ccccc3n4-c3ccc(-n4c5ccccc5c5ccccc54)cc3)cc21. The van der Waals surface area contributed by atoms with Crippen molar-refractivity contribution in [3.05, 3.63) is 259 Å². The van der Waals surface area contributed by atoms with Crippen LogP contribution in [0.2, 0.25) is 0 Å². The third-order valence-electron chi connectivity index (χ3n) is 15.6. The molecule has 1 atom stereocenters. The number of nitriles is 1. The van der Waals surface area contributed by atoms with E-state index in [1.807, 2.05) is 36.7 Å². The fourth-order valence-corrected chi connectivity index (χ4v) is 12.6. The lowest BCUT2D eigenvalue weighted by Crippen LogP contribution is -2.32. The van der Waals surface area contributed by atoms with Crippen LogP contribution < -0.4 is 4.74 Å². The number of ether oxygens (including phenoxy) is 1. The first-order valence-electron chi connectivity index (χ1n) is 24.6. The molecule has 14 aromatic rings. The summed E-state index contributed by atoms with van der Waals surface area (Å²) >= 11 is 0. The zero-order valence-electron chi connectivity index (χ0n) is 39.0. The molecule has 1 aliphatic carbocycles. The summed E-state index contributed by atoms with van der Waals surface area (Å²) in [5.41, 5.74) is 17.7. The molecule has 0 saturated carbocycles. The summed E-state index contributed by atoms with van der Waals surface area (Å²) in [4.78, 5) is 10.4. The van der Waals surface area contributed by atoms with Crippen LogP contribution in [0.15, 0.2) is 231 Å². The topological polar surface area (TPSA) is 73.6 Å². The molecule has 6 heterocycles. The summed E-state index contributed by atoms with van der Waals surface area (Å²) < 4.78 is 13.9. The molecule has 16 rings (SSSR count). The second kappa shape index (κ2) is 14.8. The number of nitrogens with zero attached hydrogens (tertiary/aromatic N) is 6. The van der Waals surface area contributed by atoms with Crippen molar-refractivity contribution in [3.63, 3.8) is 0 Å². The van der Waals surface area contributed by atoms with Crippen molar-refractivity contribution in [3.8, 4) is 57.1 Å². The van der Waals surface area contributed by atoms with E-state index in [0.29, 0.717) is 5.56 Å². The van der Waals surface area contributed by atoms with E-state index in [1.165, 1.54) is 32.6 Å². The summed E-state index contributed by atoms with van der Waals surface area (Å²) in [5, 5.41) is 16.9. The smallest absolute Gasteiger partial charge is 0.132 e. The molecular formula is C66H38N6O. The van der Waals surface area contributed by atoms with Crippen LogP contribution >= 0.6 is 0 Å². The van der Waals surface area contributed by atoms with Crippen molar-refractivity contribution in [2.45, 2.75) is 5.41 Å². The van der Waals surface area contributed by atoms with Gasteiger partial charge in [-0.05, 0) is 126 Å². The highest BCUT2D eigenvalue weighted by atomic mass is 16.5. The molecule has 7 nitrogen and oxygen atoms in total. The van der Waals surface area contributed by atoms with Gasteiger partial charge in [0.2, 0.25) is 0 Å². The third kappa shape index (κ3) is 5.36. The van der Waals surface area contributed by atoms with Crippen molar-refractivity contribution in [2.24, 2.45) is 0 Å². The first-order chi connectivity index (χ1) is 36.2. The molecule has 9 aromatic carbocycles. The zero-order valence-corrected chi connectivity index (χ0v) is 39.0. The van der Waals surface area contributed by atoms with Crippen LogP contribution in [0.3, 0.4) is 0 Å². The fourth-order valence-electron chi connectivity index (χ4n) is 12.6. The van der Waals surface area contributed by atoms with Gasteiger partial charge in [0, 0.05) is 84.0 Å². The summed E-state index contributed by atoms with van der Waals surface area (Å²) in [6, 6.07) is 80.1. The van der Waals surface area contributed by atoms with E-state index in [0.717, 1.165) is 106 Å². The van der Waals surface area contributed by atoms with Gasteiger partial charge < -0.3 is 18.4 Å². The van der Waals surface area contributed by atoms with E-state index in [4.69, 9.17) is 14.7 Å². The van der Waals surface area contributed by atoms with Gasteiger partial charge in [-0.15, -0.1) is 0 Å². The molecule has 338 valence electrons. The Labute approximate surface area is 418 Å². The lowest BCUT2D eigenvalue weighted by molar-refractivity contribution is 0.436. The van der Waals surface area contributed by atoms with E-state index in [9.17, 15) is 5.26 Å². The van der Waals surface area contributed by atoms with Gasteiger partial charge in [-0.1, -0.05) is 103 Å². The van der Waals surface area contributed by atoms with Crippen molar-refractivity contribution in [1.82, 2.24) is 23.7 Å². The number of hydrogen-bond acceptors (Lipinski definition) is 4. The van der Waals surface area contributed by atoms with Gasteiger partial charge in [0.1, 0.15) is 11.5 Å². The Hall–Kier alpha value is -10.0. The molecule has 73 heavy (non-hydrogen) atoms. The number of hydrogen-bond donors (Lipinski definition) is 0. The van der Waals surface area contributed by atoms with Crippen molar-refractivity contribution < 1.29 is 4.74 Å². The third-order valence-corrected chi connectivity index (χ3v) is 15.6. The lowest BCUT2D eigenvalue weighted by Gasteiger charge is -2.39. The predicted molar refractivity (Wildman–Crippen MR) is 293 cm³/mol. The van der Waals surface area contributed by atoms with Gasteiger partial charge in [0.05, 0.1) is 61.5 Å². The van der Waals surface area contributed by atoms with E-state index in [1.54, 1.807) is 0 Å². The fraction of sp³-hybridized carbons (Fsp3) is 0.0152. The largest absolute Gasteiger partial charge is 0.457 e. The Morgan fingerprint density at radius 3 is 1.53 bits per heavy atom. The van der Waals surface area contributed by atoms with Crippen molar-refractivity contribution in [2.75, 3.05) is 0 Å². The Morgan fingerprint density at radius 2 is 0.877 bits per heavy atom. The minimum Gasteiger partial charge on any atom is -0.457 e. The number of para-hydroxylation sites is 5. The Bertz CT molecular complexity index is 4690. The first kappa shape index (κ1) is 39.8. The monoisotopic (exact) mass is 930 g/mol. The molecule has 0 saturated heterocycles.